The number of sulfonamides is 1. The van der Waals surface area contributed by atoms with Gasteiger partial charge in [-0.25, -0.2) is 17.2 Å². The molecule has 2 heterocycles. The Morgan fingerprint density at radius 3 is 2.50 bits per heavy atom. The van der Waals surface area contributed by atoms with E-state index in [0.29, 0.717) is 4.47 Å². The molecular weight excluding hydrogens is 306 g/mol. The molecule has 0 saturated carbocycles. The van der Waals surface area contributed by atoms with E-state index in [0.717, 1.165) is 10.5 Å². The fourth-order valence-corrected chi connectivity index (χ4v) is 3.32. The molecule has 1 saturated heterocycles. The highest BCUT2D eigenvalue weighted by Crippen LogP contribution is 2.32. The monoisotopic (exact) mass is 312 g/mol. The largest absolute Gasteiger partial charge is 0.275 e. The Morgan fingerprint density at radius 2 is 2.00 bits per heavy atom. The number of pyridine rings is 1. The van der Waals surface area contributed by atoms with Gasteiger partial charge in [-0.1, -0.05) is 0 Å². The summed E-state index contributed by atoms with van der Waals surface area (Å²) in [6.45, 7) is -1.52. The van der Waals surface area contributed by atoms with Crippen molar-refractivity contribution in [2.75, 3.05) is 13.1 Å². The van der Waals surface area contributed by atoms with Crippen LogP contribution in [0, 0.1) is 0 Å². The molecule has 0 radical (unpaired) electrons. The lowest BCUT2D eigenvalue weighted by molar-refractivity contribution is -0.0945. The number of rotatable bonds is 2. The summed E-state index contributed by atoms with van der Waals surface area (Å²) in [5.41, 5.74) is 0. The quantitative estimate of drug-likeness (QED) is 0.831. The first-order chi connectivity index (χ1) is 7.31. The van der Waals surface area contributed by atoms with Gasteiger partial charge in [-0.15, -0.1) is 0 Å². The van der Waals surface area contributed by atoms with Crippen LogP contribution in [0.2, 0.25) is 0 Å². The average molecular weight is 313 g/mol. The smallest absolute Gasteiger partial charge is 0.262 e. The van der Waals surface area contributed by atoms with E-state index < -0.39 is 29.0 Å². The van der Waals surface area contributed by atoms with Crippen molar-refractivity contribution in [1.29, 1.82) is 0 Å². The number of alkyl halides is 2. The van der Waals surface area contributed by atoms with Crippen molar-refractivity contribution in [3.63, 3.8) is 0 Å². The maximum atomic E-state index is 12.6. The van der Waals surface area contributed by atoms with E-state index in [-0.39, 0.29) is 4.90 Å². The van der Waals surface area contributed by atoms with Crippen molar-refractivity contribution < 1.29 is 17.2 Å². The van der Waals surface area contributed by atoms with E-state index in [1.54, 1.807) is 0 Å². The zero-order valence-corrected chi connectivity index (χ0v) is 10.3. The van der Waals surface area contributed by atoms with Crippen LogP contribution in [-0.4, -0.2) is 36.7 Å². The summed E-state index contributed by atoms with van der Waals surface area (Å²) in [5, 5.41) is 0. The maximum Gasteiger partial charge on any atom is 0.275 e. The second-order valence-electron chi connectivity index (χ2n) is 3.47. The van der Waals surface area contributed by atoms with Crippen LogP contribution in [0.5, 0.6) is 0 Å². The number of aromatic nitrogens is 1. The summed E-state index contributed by atoms with van der Waals surface area (Å²) in [7, 11) is -3.83. The fraction of sp³-hybridized carbons (Fsp3) is 0.375. The highest BCUT2D eigenvalue weighted by molar-refractivity contribution is 9.10. The fourth-order valence-electron chi connectivity index (χ4n) is 1.32. The van der Waals surface area contributed by atoms with Crippen LogP contribution in [-0.2, 0) is 10.0 Å². The van der Waals surface area contributed by atoms with Crippen LogP contribution < -0.4 is 0 Å². The first-order valence-electron chi connectivity index (χ1n) is 4.30. The van der Waals surface area contributed by atoms with E-state index in [9.17, 15) is 17.2 Å². The highest BCUT2D eigenvalue weighted by atomic mass is 79.9. The zero-order valence-electron chi connectivity index (χ0n) is 7.90. The SMILES string of the molecule is O=S(=O)(c1cncc(Br)c1)N1CC(F)(F)C1. The van der Waals surface area contributed by atoms with Crippen LogP contribution in [0.3, 0.4) is 0 Å². The molecule has 0 aliphatic carbocycles. The van der Waals surface area contributed by atoms with Gasteiger partial charge in [-0.05, 0) is 22.0 Å². The van der Waals surface area contributed by atoms with Crippen LogP contribution >= 0.6 is 15.9 Å². The Labute approximate surface area is 99.5 Å². The topological polar surface area (TPSA) is 50.3 Å². The van der Waals surface area contributed by atoms with Gasteiger partial charge in [0.1, 0.15) is 4.90 Å². The Hall–Kier alpha value is -0.600. The lowest BCUT2D eigenvalue weighted by atomic mass is 10.2. The summed E-state index contributed by atoms with van der Waals surface area (Å²) in [5.74, 6) is -2.91. The van der Waals surface area contributed by atoms with Crippen molar-refractivity contribution in [1.82, 2.24) is 9.29 Å². The van der Waals surface area contributed by atoms with Crippen molar-refractivity contribution >= 4 is 26.0 Å². The second-order valence-corrected chi connectivity index (χ2v) is 6.32. The minimum absolute atomic E-state index is 0.0858. The van der Waals surface area contributed by atoms with Crippen LogP contribution in [0.15, 0.2) is 27.8 Å². The molecule has 0 bridgehead atoms. The van der Waals surface area contributed by atoms with E-state index in [4.69, 9.17) is 0 Å². The maximum absolute atomic E-state index is 12.6. The van der Waals surface area contributed by atoms with Gasteiger partial charge >= 0.3 is 0 Å². The van der Waals surface area contributed by atoms with Gasteiger partial charge in [0.15, 0.2) is 0 Å². The Balaban J connectivity index is 2.28. The van der Waals surface area contributed by atoms with Gasteiger partial charge in [0, 0.05) is 16.9 Å². The summed E-state index contributed by atoms with van der Waals surface area (Å²) >= 11 is 3.07. The first kappa shape index (κ1) is 11.9. The predicted molar refractivity (Wildman–Crippen MR) is 55.6 cm³/mol. The van der Waals surface area contributed by atoms with E-state index in [1.807, 2.05) is 0 Å². The summed E-state index contributed by atoms with van der Waals surface area (Å²) in [6.07, 6.45) is 2.56. The van der Waals surface area contributed by atoms with Gasteiger partial charge in [0.2, 0.25) is 10.0 Å². The molecule has 0 atom stereocenters. The molecular formula is C8H7BrF2N2O2S. The van der Waals surface area contributed by atoms with Crippen molar-refractivity contribution in [2.24, 2.45) is 0 Å². The van der Waals surface area contributed by atoms with Gasteiger partial charge in [0.25, 0.3) is 5.92 Å². The molecule has 1 aromatic rings. The van der Waals surface area contributed by atoms with Gasteiger partial charge in [-0.2, -0.15) is 4.31 Å². The summed E-state index contributed by atoms with van der Waals surface area (Å²) in [6, 6.07) is 1.33. The van der Waals surface area contributed by atoms with Gasteiger partial charge in [0.05, 0.1) is 13.1 Å². The van der Waals surface area contributed by atoms with Crippen molar-refractivity contribution in [3.8, 4) is 0 Å². The number of hydrogen-bond acceptors (Lipinski definition) is 3. The minimum Gasteiger partial charge on any atom is -0.262 e. The highest BCUT2D eigenvalue weighted by Gasteiger charge is 2.49. The molecule has 0 spiro atoms. The normalized spacial score (nSPS) is 20.4. The van der Waals surface area contributed by atoms with Gasteiger partial charge < -0.3 is 0 Å². The van der Waals surface area contributed by atoms with E-state index >= 15 is 0 Å². The minimum atomic E-state index is -3.83. The van der Waals surface area contributed by atoms with Crippen LogP contribution in [0.25, 0.3) is 0 Å². The Bertz CT molecular complexity index is 513. The standard InChI is InChI=1S/C8H7BrF2N2O2S/c9-6-1-7(3-12-2-6)16(14,15)13-4-8(10,11)5-13/h1-3H,4-5H2. The molecule has 0 amide bonds. The Morgan fingerprint density at radius 1 is 1.38 bits per heavy atom. The third-order valence-electron chi connectivity index (χ3n) is 2.13. The number of nitrogens with zero attached hydrogens (tertiary/aromatic N) is 2. The molecule has 0 N–H and O–H groups in total. The molecule has 16 heavy (non-hydrogen) atoms. The van der Waals surface area contributed by atoms with Crippen molar-refractivity contribution in [2.45, 2.75) is 10.8 Å². The molecule has 88 valence electrons. The molecule has 8 heteroatoms. The summed E-state index contributed by atoms with van der Waals surface area (Å²) < 4.78 is 50.0. The molecule has 0 aromatic carbocycles. The number of hydrogen-bond donors (Lipinski definition) is 0. The predicted octanol–water partition coefficient (Wildman–Crippen LogP) is 1.48. The average Bonchev–Trinajstić information content (AvgIpc) is 2.14. The lowest BCUT2D eigenvalue weighted by Gasteiger charge is -2.37. The lowest BCUT2D eigenvalue weighted by Crippen LogP contribution is -2.58. The first-order valence-corrected chi connectivity index (χ1v) is 6.53. The molecule has 1 aliphatic rings. The van der Waals surface area contributed by atoms with Gasteiger partial charge in [-0.3, -0.25) is 4.98 Å². The van der Waals surface area contributed by atoms with Crippen LogP contribution in [0.4, 0.5) is 8.78 Å². The third kappa shape index (κ3) is 2.09. The third-order valence-corrected chi connectivity index (χ3v) is 4.32. The molecule has 0 unspecified atom stereocenters. The Kier molecular flexibility index (Phi) is 2.75. The molecule has 1 aliphatic heterocycles. The molecule has 1 fully saturated rings. The number of halogens is 3. The molecule has 2 rings (SSSR count). The van der Waals surface area contributed by atoms with E-state index in [1.165, 1.54) is 12.3 Å². The second kappa shape index (κ2) is 3.71. The molecule has 1 aromatic heterocycles. The van der Waals surface area contributed by atoms with E-state index in [2.05, 4.69) is 20.9 Å². The van der Waals surface area contributed by atoms with Crippen LogP contribution in [0.1, 0.15) is 0 Å². The van der Waals surface area contributed by atoms with Crippen molar-refractivity contribution in [3.05, 3.63) is 22.9 Å². The summed E-state index contributed by atoms with van der Waals surface area (Å²) in [4.78, 5) is 3.60. The zero-order chi connectivity index (χ0) is 12.0. The molecule has 4 nitrogen and oxygen atoms in total.